The number of hydrogen-bond acceptors (Lipinski definition) is 6. The van der Waals surface area contributed by atoms with E-state index >= 15 is 0 Å². The van der Waals surface area contributed by atoms with Gasteiger partial charge in [-0.1, -0.05) is 0 Å². The first-order chi connectivity index (χ1) is 9.43. The monoisotopic (exact) mass is 280 g/mol. The molecule has 0 saturated carbocycles. The molecule has 0 aliphatic rings. The van der Waals surface area contributed by atoms with Crippen molar-refractivity contribution in [2.24, 2.45) is 0 Å². The van der Waals surface area contributed by atoms with Crippen molar-refractivity contribution in [1.29, 1.82) is 0 Å². The topological polar surface area (TPSA) is 126 Å². The van der Waals surface area contributed by atoms with Crippen molar-refractivity contribution in [3.05, 3.63) is 40.2 Å². The van der Waals surface area contributed by atoms with E-state index in [1.165, 1.54) is 6.07 Å². The zero-order chi connectivity index (χ0) is 15.1. The van der Waals surface area contributed by atoms with Crippen molar-refractivity contribution in [3.8, 4) is 0 Å². The number of nitrogens with one attached hydrogen (secondary N) is 1. The van der Waals surface area contributed by atoms with Gasteiger partial charge in [-0.25, -0.2) is 4.79 Å². The lowest BCUT2D eigenvalue weighted by Gasteiger charge is -2.00. The van der Waals surface area contributed by atoms with Gasteiger partial charge in [0.15, 0.2) is 0 Å². The SMILES string of the molecule is Cc1cc(=O)oc2cc(N)ccc12.O=C(O)CNCO. The molecule has 0 amide bonds. The molecule has 20 heavy (non-hydrogen) atoms. The molecule has 0 unspecified atom stereocenters. The van der Waals surface area contributed by atoms with Crippen LogP contribution in [0, 0.1) is 6.92 Å². The maximum atomic E-state index is 11.0. The maximum absolute atomic E-state index is 11.0. The Bertz CT molecular complexity index is 651. The van der Waals surface area contributed by atoms with E-state index in [0.717, 1.165) is 10.9 Å². The average molecular weight is 280 g/mol. The van der Waals surface area contributed by atoms with Crippen LogP contribution in [-0.4, -0.2) is 29.5 Å². The van der Waals surface area contributed by atoms with Crippen LogP contribution in [0.3, 0.4) is 0 Å². The van der Waals surface area contributed by atoms with Crippen molar-refractivity contribution in [2.45, 2.75) is 6.92 Å². The maximum Gasteiger partial charge on any atom is 0.336 e. The summed E-state index contributed by atoms with van der Waals surface area (Å²) in [4.78, 5) is 20.6. The molecule has 0 fully saturated rings. The Morgan fingerprint density at radius 1 is 1.40 bits per heavy atom. The number of aryl methyl sites for hydroxylation is 1. The van der Waals surface area contributed by atoms with Crippen molar-refractivity contribution < 1.29 is 19.4 Å². The molecule has 0 spiro atoms. The quantitative estimate of drug-likeness (QED) is 0.362. The van der Waals surface area contributed by atoms with Gasteiger partial charge >= 0.3 is 11.6 Å². The molecular formula is C13H16N2O5. The predicted molar refractivity (Wildman–Crippen MR) is 74.4 cm³/mol. The second-order valence-corrected chi connectivity index (χ2v) is 3.98. The first kappa shape index (κ1) is 15.7. The third kappa shape index (κ3) is 4.71. The van der Waals surface area contributed by atoms with E-state index < -0.39 is 5.97 Å². The third-order valence-corrected chi connectivity index (χ3v) is 2.36. The molecule has 0 bridgehead atoms. The fourth-order valence-corrected chi connectivity index (χ4v) is 1.50. The Hall–Kier alpha value is -2.38. The van der Waals surface area contributed by atoms with Crippen LogP contribution in [0.4, 0.5) is 5.69 Å². The van der Waals surface area contributed by atoms with Crippen LogP contribution < -0.4 is 16.7 Å². The fourth-order valence-electron chi connectivity index (χ4n) is 1.50. The molecule has 0 aliphatic carbocycles. The number of benzene rings is 1. The third-order valence-electron chi connectivity index (χ3n) is 2.36. The fraction of sp³-hybridized carbons (Fsp3) is 0.231. The summed E-state index contributed by atoms with van der Waals surface area (Å²) >= 11 is 0. The van der Waals surface area contributed by atoms with Gasteiger partial charge < -0.3 is 20.4 Å². The molecule has 1 aromatic carbocycles. The summed E-state index contributed by atoms with van der Waals surface area (Å²) < 4.78 is 4.99. The summed E-state index contributed by atoms with van der Waals surface area (Å²) in [6.07, 6.45) is 0. The molecule has 0 saturated heterocycles. The average Bonchev–Trinajstić information content (AvgIpc) is 2.36. The van der Waals surface area contributed by atoms with E-state index in [0.29, 0.717) is 11.3 Å². The van der Waals surface area contributed by atoms with Gasteiger partial charge in [0.1, 0.15) is 5.58 Å². The standard InChI is InChI=1S/C10H9NO2.C3H7NO3/c1-6-4-10(12)13-9-5-7(11)2-3-8(6)9;5-2-4-1-3(6)7/h2-5H,11H2,1H3;4-5H,1-2H2,(H,6,7). The van der Waals surface area contributed by atoms with Crippen LogP contribution in [0.25, 0.3) is 11.0 Å². The zero-order valence-electron chi connectivity index (χ0n) is 10.9. The lowest BCUT2D eigenvalue weighted by molar-refractivity contribution is -0.136. The predicted octanol–water partition coefficient (Wildman–Crippen LogP) is 0.294. The first-order valence-corrected chi connectivity index (χ1v) is 5.77. The Morgan fingerprint density at radius 2 is 2.10 bits per heavy atom. The molecule has 1 aromatic heterocycles. The number of aliphatic hydroxyl groups excluding tert-OH is 1. The van der Waals surface area contributed by atoms with Gasteiger partial charge in [0.2, 0.25) is 0 Å². The largest absolute Gasteiger partial charge is 0.480 e. The van der Waals surface area contributed by atoms with Crippen molar-refractivity contribution >= 4 is 22.6 Å². The highest BCUT2D eigenvalue weighted by molar-refractivity contribution is 5.82. The molecule has 2 aromatic rings. The summed E-state index contributed by atoms with van der Waals surface area (Å²) in [6.45, 7) is 1.40. The number of carboxylic acids is 1. The van der Waals surface area contributed by atoms with Crippen LogP contribution in [-0.2, 0) is 4.79 Å². The Labute approximate surface area is 114 Å². The van der Waals surface area contributed by atoms with E-state index in [4.69, 9.17) is 20.4 Å². The minimum atomic E-state index is -0.964. The van der Waals surface area contributed by atoms with Crippen molar-refractivity contribution in [3.63, 3.8) is 0 Å². The van der Waals surface area contributed by atoms with E-state index in [2.05, 4.69) is 5.32 Å². The number of carbonyl (C=O) groups is 1. The van der Waals surface area contributed by atoms with Gasteiger partial charge in [0, 0.05) is 23.2 Å². The van der Waals surface area contributed by atoms with Gasteiger partial charge in [0.05, 0.1) is 13.3 Å². The number of aliphatic carboxylic acids is 1. The van der Waals surface area contributed by atoms with Crippen LogP contribution >= 0.6 is 0 Å². The van der Waals surface area contributed by atoms with E-state index in [-0.39, 0.29) is 18.9 Å². The lowest BCUT2D eigenvalue weighted by atomic mass is 10.1. The van der Waals surface area contributed by atoms with Gasteiger partial charge in [-0.3, -0.25) is 10.1 Å². The van der Waals surface area contributed by atoms with E-state index in [1.807, 2.05) is 13.0 Å². The molecule has 7 nitrogen and oxygen atoms in total. The molecule has 0 aliphatic heterocycles. The minimum Gasteiger partial charge on any atom is -0.480 e. The number of nitrogen functional groups attached to an aromatic ring is 1. The highest BCUT2D eigenvalue weighted by atomic mass is 16.4. The van der Waals surface area contributed by atoms with Crippen LogP contribution in [0.1, 0.15) is 5.56 Å². The van der Waals surface area contributed by atoms with Gasteiger partial charge in [0.25, 0.3) is 0 Å². The normalized spacial score (nSPS) is 9.90. The highest BCUT2D eigenvalue weighted by Crippen LogP contribution is 2.18. The van der Waals surface area contributed by atoms with E-state index in [9.17, 15) is 9.59 Å². The number of carboxylic acid groups (broad SMARTS) is 1. The molecule has 7 heteroatoms. The zero-order valence-corrected chi connectivity index (χ0v) is 10.9. The molecule has 108 valence electrons. The number of rotatable bonds is 3. The highest BCUT2D eigenvalue weighted by Gasteiger charge is 2.01. The molecule has 1 heterocycles. The number of fused-ring (bicyclic) bond motifs is 1. The molecule has 0 atom stereocenters. The lowest BCUT2D eigenvalue weighted by Crippen LogP contribution is -2.22. The summed E-state index contributed by atoms with van der Waals surface area (Å²) in [6, 6.07) is 6.76. The molecule has 0 radical (unpaired) electrons. The first-order valence-electron chi connectivity index (χ1n) is 5.77. The van der Waals surface area contributed by atoms with Crippen LogP contribution in [0.5, 0.6) is 0 Å². The van der Waals surface area contributed by atoms with Crippen molar-refractivity contribution in [1.82, 2.24) is 5.32 Å². The second kappa shape index (κ2) is 7.27. The summed E-state index contributed by atoms with van der Waals surface area (Å²) in [7, 11) is 0. The van der Waals surface area contributed by atoms with Gasteiger partial charge in [-0.2, -0.15) is 0 Å². The molecule has 5 N–H and O–H groups in total. The minimum absolute atomic E-state index is 0.184. The molecule has 2 rings (SSSR count). The van der Waals surface area contributed by atoms with Gasteiger partial charge in [-0.15, -0.1) is 0 Å². The molecular weight excluding hydrogens is 264 g/mol. The summed E-state index contributed by atoms with van der Waals surface area (Å²) in [5, 5.41) is 18.9. The van der Waals surface area contributed by atoms with Crippen LogP contribution in [0.2, 0.25) is 0 Å². The Kier molecular flexibility index (Phi) is 5.70. The Balaban J connectivity index is 0.000000246. The van der Waals surface area contributed by atoms with E-state index in [1.54, 1.807) is 12.1 Å². The number of nitrogens with two attached hydrogens (primary N) is 1. The summed E-state index contributed by atoms with van der Waals surface area (Å²) in [5.74, 6) is -0.964. The summed E-state index contributed by atoms with van der Waals surface area (Å²) in [5.41, 5.74) is 7.28. The van der Waals surface area contributed by atoms with Crippen molar-refractivity contribution in [2.75, 3.05) is 19.0 Å². The number of anilines is 1. The van der Waals surface area contributed by atoms with Gasteiger partial charge in [-0.05, 0) is 24.6 Å². The smallest absolute Gasteiger partial charge is 0.336 e. The number of hydrogen-bond donors (Lipinski definition) is 4. The second-order valence-electron chi connectivity index (χ2n) is 3.98. The van der Waals surface area contributed by atoms with Crippen LogP contribution in [0.15, 0.2) is 33.5 Å². The number of aliphatic hydroxyl groups is 1. The Morgan fingerprint density at radius 3 is 2.65 bits per heavy atom.